The summed E-state index contributed by atoms with van der Waals surface area (Å²) in [6, 6.07) is 0.0842. The molecule has 0 saturated carbocycles. The number of likely N-dealkylation sites (tertiary alicyclic amines) is 1. The van der Waals surface area contributed by atoms with Crippen molar-refractivity contribution in [3.63, 3.8) is 0 Å². The molecule has 3 rings (SSSR count). The summed E-state index contributed by atoms with van der Waals surface area (Å²) in [7, 11) is 0. The maximum absolute atomic E-state index is 12.6. The second-order valence-electron chi connectivity index (χ2n) is 6.36. The molecule has 122 valence electrons. The largest absolute Gasteiger partial charge is 0.328 e. The number of carbonyl (C=O) groups is 1. The van der Waals surface area contributed by atoms with Crippen LogP contribution in [0.4, 0.5) is 4.79 Å². The molecule has 1 fully saturated rings. The van der Waals surface area contributed by atoms with Crippen LogP contribution >= 0.6 is 0 Å². The van der Waals surface area contributed by atoms with E-state index in [2.05, 4.69) is 22.3 Å². The summed E-state index contributed by atoms with van der Waals surface area (Å²) in [6.07, 6.45) is 8.87. The van der Waals surface area contributed by atoms with E-state index in [1.807, 2.05) is 9.58 Å². The quantitative estimate of drug-likeness (QED) is 0.913. The molecule has 0 aromatic carbocycles. The number of hydrogen-bond acceptors (Lipinski definition) is 3. The Kier molecular flexibility index (Phi) is 4.95. The van der Waals surface area contributed by atoms with Gasteiger partial charge in [0.15, 0.2) is 5.82 Å². The van der Waals surface area contributed by atoms with E-state index in [0.29, 0.717) is 0 Å². The topological polar surface area (TPSA) is 63.1 Å². The molecule has 6 nitrogen and oxygen atoms in total. The van der Waals surface area contributed by atoms with Crippen molar-refractivity contribution in [1.29, 1.82) is 0 Å². The number of aromatic nitrogens is 3. The standard InChI is InChI=1S/C16H27N5O/c1-2-14-18-15-13(9-8-12-21(15)19-14)17-16(22)20-10-6-4-3-5-7-11-20/h13H,2-12H2,1H3,(H,17,22)/t13-/m1/s1. The predicted octanol–water partition coefficient (Wildman–Crippen LogP) is 2.65. The van der Waals surface area contributed by atoms with Crippen LogP contribution in [0, 0.1) is 0 Å². The van der Waals surface area contributed by atoms with Gasteiger partial charge < -0.3 is 10.2 Å². The number of amides is 2. The average Bonchev–Trinajstić information content (AvgIpc) is 2.91. The Morgan fingerprint density at radius 3 is 2.59 bits per heavy atom. The highest BCUT2D eigenvalue weighted by molar-refractivity contribution is 5.74. The number of fused-ring (bicyclic) bond motifs is 1. The summed E-state index contributed by atoms with van der Waals surface area (Å²) in [6.45, 7) is 4.74. The van der Waals surface area contributed by atoms with Crippen LogP contribution in [-0.2, 0) is 13.0 Å². The molecule has 0 radical (unpaired) electrons. The Hall–Kier alpha value is -1.59. The van der Waals surface area contributed by atoms with Crippen LogP contribution in [0.15, 0.2) is 0 Å². The normalized spacial score (nSPS) is 22.6. The molecule has 2 aliphatic rings. The third-order valence-corrected chi connectivity index (χ3v) is 4.68. The van der Waals surface area contributed by atoms with Gasteiger partial charge in [-0.3, -0.25) is 0 Å². The molecule has 1 atom stereocenters. The highest BCUT2D eigenvalue weighted by Gasteiger charge is 2.27. The fraction of sp³-hybridized carbons (Fsp3) is 0.812. The van der Waals surface area contributed by atoms with E-state index in [9.17, 15) is 4.79 Å². The van der Waals surface area contributed by atoms with Gasteiger partial charge in [0, 0.05) is 26.1 Å². The molecular weight excluding hydrogens is 278 g/mol. The number of nitrogens with zero attached hydrogens (tertiary/aromatic N) is 4. The van der Waals surface area contributed by atoms with Crippen molar-refractivity contribution < 1.29 is 4.79 Å². The van der Waals surface area contributed by atoms with Crippen molar-refractivity contribution in [3.8, 4) is 0 Å². The zero-order valence-corrected chi connectivity index (χ0v) is 13.6. The van der Waals surface area contributed by atoms with Crippen molar-refractivity contribution in [2.75, 3.05) is 13.1 Å². The zero-order valence-electron chi connectivity index (χ0n) is 13.6. The minimum Gasteiger partial charge on any atom is -0.328 e. The molecular formula is C16H27N5O. The Bertz CT molecular complexity index is 505. The summed E-state index contributed by atoms with van der Waals surface area (Å²) in [5.74, 6) is 1.81. The van der Waals surface area contributed by atoms with E-state index in [4.69, 9.17) is 0 Å². The monoisotopic (exact) mass is 305 g/mol. The van der Waals surface area contributed by atoms with E-state index < -0.39 is 0 Å². The molecule has 3 heterocycles. The predicted molar refractivity (Wildman–Crippen MR) is 84.6 cm³/mol. The van der Waals surface area contributed by atoms with Crippen LogP contribution in [0.5, 0.6) is 0 Å². The number of aryl methyl sites for hydroxylation is 2. The molecule has 1 aromatic heterocycles. The van der Waals surface area contributed by atoms with Crippen molar-refractivity contribution >= 4 is 6.03 Å². The van der Waals surface area contributed by atoms with Crippen LogP contribution in [0.3, 0.4) is 0 Å². The molecule has 0 bridgehead atoms. The van der Waals surface area contributed by atoms with E-state index >= 15 is 0 Å². The zero-order chi connectivity index (χ0) is 15.4. The lowest BCUT2D eigenvalue weighted by Gasteiger charge is -2.29. The highest BCUT2D eigenvalue weighted by atomic mass is 16.2. The molecule has 0 aliphatic carbocycles. The van der Waals surface area contributed by atoms with Gasteiger partial charge in [0.25, 0.3) is 0 Å². The summed E-state index contributed by atoms with van der Waals surface area (Å²) in [4.78, 5) is 19.2. The van der Waals surface area contributed by atoms with Crippen molar-refractivity contribution in [2.45, 2.75) is 70.9 Å². The van der Waals surface area contributed by atoms with Crippen molar-refractivity contribution in [3.05, 3.63) is 11.6 Å². The maximum Gasteiger partial charge on any atom is 0.317 e. The summed E-state index contributed by atoms with van der Waals surface area (Å²) in [5.41, 5.74) is 0. The third-order valence-electron chi connectivity index (χ3n) is 4.68. The van der Waals surface area contributed by atoms with Crippen LogP contribution in [0.2, 0.25) is 0 Å². The summed E-state index contributed by atoms with van der Waals surface area (Å²) in [5, 5.41) is 7.70. The first-order valence-electron chi connectivity index (χ1n) is 8.77. The van der Waals surface area contributed by atoms with Gasteiger partial charge in [0.1, 0.15) is 5.82 Å². The van der Waals surface area contributed by atoms with E-state index in [1.54, 1.807) is 0 Å². The summed E-state index contributed by atoms with van der Waals surface area (Å²) < 4.78 is 1.97. The lowest BCUT2D eigenvalue weighted by Crippen LogP contribution is -2.44. The van der Waals surface area contributed by atoms with Gasteiger partial charge in [0.2, 0.25) is 0 Å². The number of hydrogen-bond donors (Lipinski definition) is 1. The molecule has 2 amide bonds. The van der Waals surface area contributed by atoms with Crippen LogP contribution in [0.1, 0.15) is 69.6 Å². The Morgan fingerprint density at radius 2 is 1.86 bits per heavy atom. The van der Waals surface area contributed by atoms with Gasteiger partial charge in [-0.25, -0.2) is 14.5 Å². The Labute approximate surface area is 132 Å². The fourth-order valence-corrected chi connectivity index (χ4v) is 3.38. The van der Waals surface area contributed by atoms with Gasteiger partial charge in [-0.2, -0.15) is 5.10 Å². The number of rotatable bonds is 2. The summed E-state index contributed by atoms with van der Waals surface area (Å²) >= 11 is 0. The van der Waals surface area contributed by atoms with Gasteiger partial charge >= 0.3 is 6.03 Å². The SMILES string of the molecule is CCc1nc2n(n1)CCC[C@H]2NC(=O)N1CCCCCCC1. The molecule has 1 aromatic rings. The second-order valence-corrected chi connectivity index (χ2v) is 6.36. The first kappa shape index (κ1) is 15.3. The van der Waals surface area contributed by atoms with Gasteiger partial charge in [-0.05, 0) is 25.7 Å². The first-order chi connectivity index (χ1) is 10.8. The smallest absolute Gasteiger partial charge is 0.317 e. The lowest BCUT2D eigenvalue weighted by atomic mass is 10.1. The van der Waals surface area contributed by atoms with Gasteiger partial charge in [-0.1, -0.05) is 26.2 Å². The molecule has 6 heteroatoms. The molecule has 2 aliphatic heterocycles. The van der Waals surface area contributed by atoms with Crippen molar-refractivity contribution in [1.82, 2.24) is 25.0 Å². The molecule has 1 N–H and O–H groups in total. The highest BCUT2D eigenvalue weighted by Crippen LogP contribution is 2.23. The minimum atomic E-state index is 0.0134. The van der Waals surface area contributed by atoms with Crippen LogP contribution in [0.25, 0.3) is 0 Å². The lowest BCUT2D eigenvalue weighted by molar-refractivity contribution is 0.184. The Balaban J connectivity index is 1.65. The molecule has 22 heavy (non-hydrogen) atoms. The van der Waals surface area contributed by atoms with E-state index in [-0.39, 0.29) is 12.1 Å². The van der Waals surface area contributed by atoms with Gasteiger partial charge in [-0.15, -0.1) is 0 Å². The fourth-order valence-electron chi connectivity index (χ4n) is 3.38. The molecule has 1 saturated heterocycles. The molecule has 0 unspecified atom stereocenters. The minimum absolute atomic E-state index is 0.0134. The van der Waals surface area contributed by atoms with E-state index in [0.717, 1.165) is 63.4 Å². The second kappa shape index (κ2) is 7.11. The van der Waals surface area contributed by atoms with E-state index in [1.165, 1.54) is 19.3 Å². The number of urea groups is 1. The van der Waals surface area contributed by atoms with Crippen molar-refractivity contribution in [2.24, 2.45) is 0 Å². The van der Waals surface area contributed by atoms with Crippen LogP contribution < -0.4 is 5.32 Å². The third kappa shape index (κ3) is 3.42. The number of nitrogens with one attached hydrogen (secondary N) is 1. The average molecular weight is 305 g/mol. The molecule has 0 spiro atoms. The van der Waals surface area contributed by atoms with Gasteiger partial charge in [0.05, 0.1) is 6.04 Å². The van der Waals surface area contributed by atoms with Crippen LogP contribution in [-0.4, -0.2) is 38.8 Å². The first-order valence-corrected chi connectivity index (χ1v) is 8.77. The number of carbonyl (C=O) groups excluding carboxylic acids is 1. The Morgan fingerprint density at radius 1 is 1.14 bits per heavy atom. The maximum atomic E-state index is 12.6.